The van der Waals surface area contributed by atoms with Crippen molar-refractivity contribution in [2.45, 2.75) is 0 Å². The molecule has 0 aliphatic heterocycles. The Labute approximate surface area is 174 Å². The van der Waals surface area contributed by atoms with Gasteiger partial charge in [-0.1, -0.05) is 24.3 Å². The van der Waals surface area contributed by atoms with E-state index in [0.29, 0.717) is 28.8 Å². The van der Waals surface area contributed by atoms with E-state index in [1.54, 1.807) is 56.7 Å². The summed E-state index contributed by atoms with van der Waals surface area (Å²) in [5.41, 5.74) is 1.42. The van der Waals surface area contributed by atoms with Gasteiger partial charge in [-0.05, 0) is 42.0 Å². The molecule has 1 amide bonds. The largest absolute Gasteiger partial charge is 0.493 e. The van der Waals surface area contributed by atoms with Crippen molar-refractivity contribution in [1.82, 2.24) is 4.98 Å². The summed E-state index contributed by atoms with van der Waals surface area (Å²) in [6.07, 6.45) is 4.69. The SMILES string of the molecule is COCOc1ccc(/C=C/C(=O)Nc2ccc(Oc3ccccc3OC)nc2)cc1. The normalized spacial score (nSPS) is 10.6. The Hall–Kier alpha value is -3.84. The number of carbonyl (C=O) groups excluding carboxylic acids is 1. The topological polar surface area (TPSA) is 78.9 Å². The van der Waals surface area contributed by atoms with Crippen LogP contribution in [0.3, 0.4) is 0 Å². The minimum absolute atomic E-state index is 0.189. The van der Waals surface area contributed by atoms with Crippen LogP contribution in [0.15, 0.2) is 72.9 Å². The summed E-state index contributed by atoms with van der Waals surface area (Å²) in [5.74, 6) is 1.99. The smallest absolute Gasteiger partial charge is 0.248 e. The lowest BCUT2D eigenvalue weighted by molar-refractivity contribution is -0.111. The molecule has 0 saturated carbocycles. The van der Waals surface area contributed by atoms with E-state index in [9.17, 15) is 4.79 Å². The fraction of sp³-hybridized carbons (Fsp3) is 0.130. The van der Waals surface area contributed by atoms with Crippen molar-refractivity contribution in [1.29, 1.82) is 0 Å². The predicted molar refractivity (Wildman–Crippen MR) is 114 cm³/mol. The summed E-state index contributed by atoms with van der Waals surface area (Å²) >= 11 is 0. The monoisotopic (exact) mass is 406 g/mol. The molecule has 0 aliphatic rings. The van der Waals surface area contributed by atoms with E-state index in [1.165, 1.54) is 12.3 Å². The van der Waals surface area contributed by atoms with Crippen molar-refractivity contribution >= 4 is 17.7 Å². The van der Waals surface area contributed by atoms with E-state index in [4.69, 9.17) is 18.9 Å². The summed E-state index contributed by atoms with van der Waals surface area (Å²) in [6.45, 7) is 0.189. The average Bonchev–Trinajstić information content (AvgIpc) is 2.78. The van der Waals surface area contributed by atoms with E-state index < -0.39 is 0 Å². The minimum Gasteiger partial charge on any atom is -0.493 e. The Morgan fingerprint density at radius 2 is 1.77 bits per heavy atom. The van der Waals surface area contributed by atoms with Gasteiger partial charge in [0.2, 0.25) is 11.8 Å². The molecule has 30 heavy (non-hydrogen) atoms. The zero-order chi connectivity index (χ0) is 21.2. The van der Waals surface area contributed by atoms with Crippen LogP contribution < -0.4 is 19.5 Å². The van der Waals surface area contributed by atoms with Gasteiger partial charge in [0.1, 0.15) is 5.75 Å². The molecule has 3 aromatic rings. The Morgan fingerprint density at radius 1 is 1.00 bits per heavy atom. The molecule has 1 aromatic heterocycles. The molecule has 0 fully saturated rings. The number of rotatable bonds is 9. The molecule has 2 aromatic carbocycles. The van der Waals surface area contributed by atoms with Gasteiger partial charge in [0.25, 0.3) is 0 Å². The fourth-order valence-electron chi connectivity index (χ4n) is 2.49. The minimum atomic E-state index is -0.269. The van der Waals surface area contributed by atoms with Crippen LogP contribution in [-0.2, 0) is 9.53 Å². The van der Waals surface area contributed by atoms with Crippen LogP contribution in [0.4, 0.5) is 5.69 Å². The summed E-state index contributed by atoms with van der Waals surface area (Å²) in [7, 11) is 3.14. The third kappa shape index (κ3) is 6.08. The second-order valence-corrected chi connectivity index (χ2v) is 6.08. The maximum Gasteiger partial charge on any atom is 0.248 e. The highest BCUT2D eigenvalue weighted by Gasteiger charge is 2.06. The van der Waals surface area contributed by atoms with Crippen LogP contribution >= 0.6 is 0 Å². The first-order valence-corrected chi connectivity index (χ1v) is 9.16. The summed E-state index contributed by atoms with van der Waals surface area (Å²) in [4.78, 5) is 16.4. The highest BCUT2D eigenvalue weighted by molar-refractivity contribution is 6.01. The molecule has 0 unspecified atom stereocenters. The fourth-order valence-corrected chi connectivity index (χ4v) is 2.49. The average molecular weight is 406 g/mol. The summed E-state index contributed by atoms with van der Waals surface area (Å²) in [5, 5.41) is 2.76. The number of methoxy groups -OCH3 is 2. The van der Waals surface area contributed by atoms with Gasteiger partial charge in [-0.15, -0.1) is 0 Å². The number of hydrogen-bond donors (Lipinski definition) is 1. The third-order valence-corrected chi connectivity index (χ3v) is 3.94. The Balaban J connectivity index is 1.54. The Bertz CT molecular complexity index is 985. The molecule has 0 atom stereocenters. The molecule has 3 rings (SSSR count). The van der Waals surface area contributed by atoms with Gasteiger partial charge in [-0.3, -0.25) is 4.79 Å². The second-order valence-electron chi connectivity index (χ2n) is 6.08. The third-order valence-electron chi connectivity index (χ3n) is 3.94. The first-order valence-electron chi connectivity index (χ1n) is 9.16. The number of nitrogens with zero attached hydrogens (tertiary/aromatic N) is 1. The van der Waals surface area contributed by atoms with Crippen molar-refractivity contribution in [2.75, 3.05) is 26.3 Å². The van der Waals surface area contributed by atoms with Crippen LogP contribution in [0.5, 0.6) is 23.1 Å². The molecule has 154 valence electrons. The number of carbonyl (C=O) groups is 1. The number of amides is 1. The van der Waals surface area contributed by atoms with Crippen LogP contribution in [-0.4, -0.2) is 31.9 Å². The van der Waals surface area contributed by atoms with Crippen molar-refractivity contribution in [2.24, 2.45) is 0 Å². The molecule has 0 spiro atoms. The van der Waals surface area contributed by atoms with Gasteiger partial charge in [-0.2, -0.15) is 0 Å². The number of pyridine rings is 1. The number of anilines is 1. The van der Waals surface area contributed by atoms with E-state index in [-0.39, 0.29) is 12.7 Å². The first-order chi connectivity index (χ1) is 14.7. The Kier molecular flexibility index (Phi) is 7.40. The highest BCUT2D eigenvalue weighted by atomic mass is 16.7. The number of hydrogen-bond acceptors (Lipinski definition) is 6. The molecular weight excluding hydrogens is 384 g/mol. The predicted octanol–water partition coefficient (Wildman–Crippen LogP) is 4.52. The lowest BCUT2D eigenvalue weighted by Crippen LogP contribution is -2.07. The van der Waals surface area contributed by atoms with E-state index in [0.717, 1.165) is 5.56 Å². The molecule has 1 heterocycles. The standard InChI is InChI=1S/C23H22N2O5/c1-27-16-29-19-11-7-17(8-12-19)9-13-22(26)25-18-10-14-23(24-15-18)30-21-6-4-3-5-20(21)28-2/h3-15H,16H2,1-2H3,(H,25,26)/b13-9+. The quantitative estimate of drug-likeness (QED) is 0.416. The number of para-hydroxylation sites is 2. The van der Waals surface area contributed by atoms with E-state index in [2.05, 4.69) is 10.3 Å². The summed E-state index contributed by atoms with van der Waals surface area (Å²) < 4.78 is 21.1. The van der Waals surface area contributed by atoms with E-state index >= 15 is 0 Å². The highest BCUT2D eigenvalue weighted by Crippen LogP contribution is 2.30. The maximum atomic E-state index is 12.1. The van der Waals surface area contributed by atoms with Gasteiger partial charge >= 0.3 is 0 Å². The lowest BCUT2D eigenvalue weighted by atomic mass is 10.2. The second kappa shape index (κ2) is 10.6. The van der Waals surface area contributed by atoms with Crippen molar-refractivity contribution in [3.63, 3.8) is 0 Å². The van der Waals surface area contributed by atoms with E-state index in [1.807, 2.05) is 24.3 Å². The first kappa shape index (κ1) is 20.9. The van der Waals surface area contributed by atoms with Gasteiger partial charge in [0.05, 0.1) is 19.0 Å². The van der Waals surface area contributed by atoms with Crippen molar-refractivity contribution in [3.05, 3.63) is 78.5 Å². The van der Waals surface area contributed by atoms with Crippen LogP contribution in [0.2, 0.25) is 0 Å². The molecule has 7 heteroatoms. The number of ether oxygens (including phenoxy) is 4. The molecule has 0 bridgehead atoms. The molecular formula is C23H22N2O5. The molecule has 7 nitrogen and oxygen atoms in total. The maximum absolute atomic E-state index is 12.1. The number of aromatic nitrogens is 1. The van der Waals surface area contributed by atoms with Crippen LogP contribution in [0.25, 0.3) is 6.08 Å². The van der Waals surface area contributed by atoms with Crippen molar-refractivity contribution < 1.29 is 23.7 Å². The molecule has 0 saturated heterocycles. The van der Waals surface area contributed by atoms with Crippen LogP contribution in [0, 0.1) is 0 Å². The zero-order valence-corrected chi connectivity index (χ0v) is 16.7. The Morgan fingerprint density at radius 3 is 2.43 bits per heavy atom. The van der Waals surface area contributed by atoms with Crippen molar-refractivity contribution in [3.8, 4) is 23.1 Å². The zero-order valence-electron chi connectivity index (χ0n) is 16.7. The number of benzene rings is 2. The van der Waals surface area contributed by atoms with Gasteiger partial charge < -0.3 is 24.3 Å². The van der Waals surface area contributed by atoms with Gasteiger partial charge in [-0.25, -0.2) is 4.98 Å². The van der Waals surface area contributed by atoms with Crippen LogP contribution in [0.1, 0.15) is 5.56 Å². The van der Waals surface area contributed by atoms with Gasteiger partial charge in [0, 0.05) is 19.3 Å². The van der Waals surface area contributed by atoms with Gasteiger partial charge in [0.15, 0.2) is 18.3 Å². The molecule has 0 radical (unpaired) electrons. The summed E-state index contributed by atoms with van der Waals surface area (Å²) in [6, 6.07) is 18.0. The lowest BCUT2D eigenvalue weighted by Gasteiger charge is -2.09. The molecule has 0 aliphatic carbocycles. The molecule has 1 N–H and O–H groups in total. The number of nitrogens with one attached hydrogen (secondary N) is 1.